The number of aliphatic imine (C=N–C) groups is 1. The highest BCUT2D eigenvalue weighted by Gasteiger charge is 2.56. The van der Waals surface area contributed by atoms with Gasteiger partial charge in [0.05, 0.1) is 40.3 Å². The van der Waals surface area contributed by atoms with Gasteiger partial charge in [0.25, 0.3) is 6.43 Å². The van der Waals surface area contributed by atoms with Crippen molar-refractivity contribution in [2.24, 2.45) is 10.4 Å². The van der Waals surface area contributed by atoms with Gasteiger partial charge in [-0.2, -0.15) is 10.5 Å². The molecule has 3 aromatic rings. The summed E-state index contributed by atoms with van der Waals surface area (Å²) in [7, 11) is 0. The van der Waals surface area contributed by atoms with E-state index in [9.17, 15) is 19.3 Å². The molecule has 1 aromatic heterocycles. The Balaban J connectivity index is 1.65. The fourth-order valence-corrected chi connectivity index (χ4v) is 5.30. The van der Waals surface area contributed by atoms with Crippen LogP contribution in [-0.4, -0.2) is 35.2 Å². The van der Waals surface area contributed by atoms with Crippen LogP contribution in [0.3, 0.4) is 0 Å². The van der Waals surface area contributed by atoms with Gasteiger partial charge in [0.2, 0.25) is 0 Å². The average Bonchev–Trinajstić information content (AvgIpc) is 3.69. The van der Waals surface area contributed by atoms with Gasteiger partial charge in [-0.25, -0.2) is 8.78 Å². The van der Waals surface area contributed by atoms with Gasteiger partial charge < -0.3 is 16.1 Å². The summed E-state index contributed by atoms with van der Waals surface area (Å²) >= 11 is 0. The Kier molecular flexibility index (Phi) is 8.27. The number of benzene rings is 2. The van der Waals surface area contributed by atoms with Crippen LogP contribution in [0.4, 0.5) is 20.2 Å². The average molecular weight is 596 g/mol. The number of aromatic nitrogens is 1. The van der Waals surface area contributed by atoms with Crippen molar-refractivity contribution in [3.63, 3.8) is 0 Å². The number of nitrogens with one attached hydrogen (secondary N) is 4. The van der Waals surface area contributed by atoms with Crippen molar-refractivity contribution < 1.29 is 8.78 Å². The smallest absolute Gasteiger partial charge is 0.262 e. The number of fused-ring (bicyclic) bond motifs is 1. The molecule has 0 amide bonds. The van der Waals surface area contributed by atoms with Crippen molar-refractivity contribution in [3.05, 3.63) is 83.0 Å². The van der Waals surface area contributed by atoms with E-state index in [2.05, 4.69) is 71.2 Å². The van der Waals surface area contributed by atoms with Crippen molar-refractivity contribution in [1.29, 1.82) is 10.5 Å². The maximum Gasteiger partial charge on any atom is 0.262 e. The summed E-state index contributed by atoms with van der Waals surface area (Å²) in [5.41, 5.74) is 8.89. The van der Waals surface area contributed by atoms with Crippen LogP contribution in [0.25, 0.3) is 16.5 Å². The number of nitrogens with zero attached hydrogens (tertiary/aromatic N) is 5. The topological polar surface area (TPSA) is 124 Å². The molecule has 1 fully saturated rings. The van der Waals surface area contributed by atoms with Crippen LogP contribution in [-0.2, 0) is 0 Å². The maximum absolute atomic E-state index is 14.0. The molecule has 2 aliphatic rings. The molecule has 1 aliphatic heterocycles. The second kappa shape index (κ2) is 11.9. The molecule has 9 nitrogen and oxygen atoms in total. The minimum Gasteiger partial charge on any atom is -0.383 e. The number of pyridine rings is 1. The van der Waals surface area contributed by atoms with E-state index in [1.165, 1.54) is 5.01 Å². The van der Waals surface area contributed by atoms with Crippen LogP contribution in [0.5, 0.6) is 0 Å². The number of hydrogen-bond donors (Lipinski definition) is 4. The normalized spacial score (nSPS) is 16.8. The van der Waals surface area contributed by atoms with E-state index in [-0.39, 0.29) is 11.0 Å². The summed E-state index contributed by atoms with van der Waals surface area (Å²) < 4.78 is 28.0. The quantitative estimate of drug-likeness (QED) is 0.156. The molecule has 1 saturated carbocycles. The molecule has 5 rings (SSSR count). The van der Waals surface area contributed by atoms with Crippen molar-refractivity contribution in [2.75, 3.05) is 11.9 Å². The van der Waals surface area contributed by atoms with Crippen LogP contribution in [0.2, 0.25) is 0 Å². The van der Waals surface area contributed by atoms with Crippen molar-refractivity contribution in [3.8, 4) is 12.1 Å². The molecule has 0 bridgehead atoms. The predicted octanol–water partition coefficient (Wildman–Crippen LogP) is 6.45. The van der Waals surface area contributed by atoms with Gasteiger partial charge in [0, 0.05) is 41.8 Å². The van der Waals surface area contributed by atoms with Gasteiger partial charge in [-0.05, 0) is 61.0 Å². The van der Waals surface area contributed by atoms with Crippen molar-refractivity contribution in [1.82, 2.24) is 26.3 Å². The maximum atomic E-state index is 14.0. The van der Waals surface area contributed by atoms with Gasteiger partial charge >= 0.3 is 0 Å². The second-order valence-electron chi connectivity index (χ2n) is 12.3. The van der Waals surface area contributed by atoms with Crippen LogP contribution in [0.15, 0.2) is 71.3 Å². The third-order valence-corrected chi connectivity index (χ3v) is 7.88. The third-order valence-electron chi connectivity index (χ3n) is 7.88. The van der Waals surface area contributed by atoms with Crippen LogP contribution < -0.4 is 21.6 Å². The van der Waals surface area contributed by atoms with E-state index < -0.39 is 18.0 Å². The fourth-order valence-electron chi connectivity index (χ4n) is 5.30. The Morgan fingerprint density at radius 3 is 2.64 bits per heavy atom. The minimum atomic E-state index is -2.52. The summed E-state index contributed by atoms with van der Waals surface area (Å²) in [4.78, 5) is 8.43. The Bertz CT molecular complexity index is 1730. The Morgan fingerprint density at radius 1 is 1.23 bits per heavy atom. The zero-order chi connectivity index (χ0) is 31.6. The standard InChI is InChI=1S/C33H35F2N9/c1-20(15-36)28(40-19-32(2,3)4)26-14-23(13-22(16-37)29(26)38-5)41-30(25-8-6-7-21-17-39-12-9-24(21)25)27-18-44(43-42-27)33(10-11-33)31(34)35/h6-9,12-14,17-18,30-31,40-43H,5,10-11,19H2,1-4H3/b28-20-/t30-/m0/s1. The first-order valence-corrected chi connectivity index (χ1v) is 14.3. The molecule has 4 N–H and O–H groups in total. The number of allylic oxidation sites excluding steroid dienone is 1. The minimum absolute atomic E-state index is 0.0956. The summed E-state index contributed by atoms with van der Waals surface area (Å²) in [5.74, 6) is 0. The lowest BCUT2D eigenvalue weighted by atomic mass is 9.94. The Morgan fingerprint density at radius 2 is 2.00 bits per heavy atom. The molecule has 2 heterocycles. The van der Waals surface area contributed by atoms with Gasteiger partial charge in [0.15, 0.2) is 0 Å². The molecule has 1 aliphatic carbocycles. The van der Waals surface area contributed by atoms with E-state index in [1.54, 1.807) is 31.6 Å². The summed E-state index contributed by atoms with van der Waals surface area (Å²) in [5, 5.41) is 30.2. The molecule has 0 spiro atoms. The lowest BCUT2D eigenvalue weighted by Crippen LogP contribution is -2.48. The number of anilines is 1. The molecular formula is C33H35F2N9. The molecular weight excluding hydrogens is 560 g/mol. The number of alkyl halides is 2. The van der Waals surface area contributed by atoms with Crippen molar-refractivity contribution >= 4 is 34.6 Å². The van der Waals surface area contributed by atoms with Crippen LogP contribution in [0, 0.1) is 28.1 Å². The number of rotatable bonds is 10. The van der Waals surface area contributed by atoms with Crippen LogP contribution in [0.1, 0.15) is 63.3 Å². The molecule has 0 saturated heterocycles. The highest BCUT2D eigenvalue weighted by Crippen LogP contribution is 2.47. The lowest BCUT2D eigenvalue weighted by Gasteiger charge is -2.25. The van der Waals surface area contributed by atoms with Gasteiger partial charge in [-0.1, -0.05) is 39.0 Å². The molecule has 0 radical (unpaired) electrons. The zero-order valence-electron chi connectivity index (χ0n) is 25.2. The summed E-state index contributed by atoms with van der Waals surface area (Å²) in [6.45, 7) is 12.2. The first kappa shape index (κ1) is 30.5. The second-order valence-corrected chi connectivity index (χ2v) is 12.3. The number of hydrogen-bond acceptors (Lipinski definition) is 9. The third kappa shape index (κ3) is 5.92. The fraction of sp³-hybridized carbons (Fsp3) is 0.333. The first-order chi connectivity index (χ1) is 21.0. The van der Waals surface area contributed by atoms with E-state index in [4.69, 9.17) is 0 Å². The van der Waals surface area contributed by atoms with E-state index >= 15 is 0 Å². The zero-order valence-corrected chi connectivity index (χ0v) is 25.2. The SMILES string of the molecule is C=Nc1c(C#N)cc(N[C@H](C2=CN(C3(C(F)F)CC3)NN2)c2cccc3cnccc23)cc1/C(NCC(C)(C)C)=C(\C)C#N. The Labute approximate surface area is 255 Å². The van der Waals surface area contributed by atoms with Gasteiger partial charge in [-0.15, -0.1) is 5.53 Å². The molecule has 11 heteroatoms. The number of halogens is 2. The largest absolute Gasteiger partial charge is 0.383 e. The summed E-state index contributed by atoms with van der Waals surface area (Å²) in [6.07, 6.45) is 3.39. The molecule has 2 aromatic carbocycles. The Hall–Kier alpha value is -5.00. The summed E-state index contributed by atoms with van der Waals surface area (Å²) in [6, 6.07) is 15.2. The monoisotopic (exact) mass is 595 g/mol. The predicted molar refractivity (Wildman–Crippen MR) is 168 cm³/mol. The van der Waals surface area contributed by atoms with Gasteiger partial charge in [0.1, 0.15) is 11.6 Å². The van der Waals surface area contributed by atoms with Crippen molar-refractivity contribution in [2.45, 2.75) is 58.5 Å². The highest BCUT2D eigenvalue weighted by atomic mass is 19.3. The van der Waals surface area contributed by atoms with E-state index in [0.29, 0.717) is 53.3 Å². The molecule has 0 unspecified atom stereocenters. The van der Waals surface area contributed by atoms with Gasteiger partial charge in [-0.3, -0.25) is 15.0 Å². The first-order valence-electron chi connectivity index (χ1n) is 14.3. The lowest BCUT2D eigenvalue weighted by molar-refractivity contribution is 0.00911. The van der Waals surface area contributed by atoms with E-state index in [1.807, 2.05) is 30.3 Å². The van der Waals surface area contributed by atoms with E-state index in [0.717, 1.165) is 16.3 Å². The highest BCUT2D eigenvalue weighted by molar-refractivity contribution is 5.87. The number of nitriles is 2. The number of hydrazine groups is 2. The molecule has 44 heavy (non-hydrogen) atoms. The molecule has 226 valence electrons. The molecule has 1 atom stereocenters. The van der Waals surface area contributed by atoms with Crippen LogP contribution >= 0.6 is 0 Å².